The quantitative estimate of drug-likeness (QED) is 0.811. The lowest BCUT2D eigenvalue weighted by Gasteiger charge is -2.30. The standard InChI is InChI=1S/C15H21N3S/c1-3-19-15-6-4-5-13(12(15)9-16)18(2)14(10-17)11-7-8-11/h4-6,11,14H,3,7-8,10,17H2,1-2H3. The number of nitrogens with zero attached hydrogens (tertiary/aromatic N) is 2. The Morgan fingerprint density at radius 3 is 2.79 bits per heavy atom. The molecule has 2 rings (SSSR count). The number of nitriles is 1. The van der Waals surface area contributed by atoms with Gasteiger partial charge in [-0.25, -0.2) is 0 Å². The number of rotatable bonds is 6. The third-order valence-electron chi connectivity index (χ3n) is 3.70. The van der Waals surface area contributed by atoms with Crippen molar-refractivity contribution in [2.45, 2.75) is 30.7 Å². The third-order valence-corrected chi connectivity index (χ3v) is 4.64. The Balaban J connectivity index is 2.32. The molecule has 1 atom stereocenters. The van der Waals surface area contributed by atoms with Crippen molar-refractivity contribution in [3.8, 4) is 6.07 Å². The van der Waals surface area contributed by atoms with Gasteiger partial charge in [-0.2, -0.15) is 5.26 Å². The summed E-state index contributed by atoms with van der Waals surface area (Å²) in [7, 11) is 2.06. The van der Waals surface area contributed by atoms with E-state index in [-0.39, 0.29) is 0 Å². The van der Waals surface area contributed by atoms with E-state index in [1.807, 2.05) is 18.2 Å². The highest BCUT2D eigenvalue weighted by Gasteiger charge is 2.33. The molecule has 3 nitrogen and oxygen atoms in total. The second-order valence-corrected chi connectivity index (χ2v) is 6.25. The molecule has 0 aliphatic heterocycles. The second-order valence-electron chi connectivity index (χ2n) is 4.95. The smallest absolute Gasteiger partial charge is 0.103 e. The first kappa shape index (κ1) is 14.2. The van der Waals surface area contributed by atoms with E-state index in [2.05, 4.69) is 24.9 Å². The molecule has 0 heterocycles. The second kappa shape index (κ2) is 6.31. The van der Waals surface area contributed by atoms with Crippen molar-refractivity contribution in [2.24, 2.45) is 11.7 Å². The first-order valence-electron chi connectivity index (χ1n) is 6.81. The Morgan fingerprint density at radius 2 is 2.26 bits per heavy atom. The van der Waals surface area contributed by atoms with Gasteiger partial charge >= 0.3 is 0 Å². The fraction of sp³-hybridized carbons (Fsp3) is 0.533. The van der Waals surface area contributed by atoms with E-state index in [0.717, 1.165) is 21.9 Å². The molecule has 0 amide bonds. The van der Waals surface area contributed by atoms with E-state index in [1.54, 1.807) is 11.8 Å². The fourth-order valence-electron chi connectivity index (χ4n) is 2.53. The van der Waals surface area contributed by atoms with E-state index in [1.165, 1.54) is 12.8 Å². The Hall–Kier alpha value is -1.18. The summed E-state index contributed by atoms with van der Waals surface area (Å²) in [5, 5.41) is 9.46. The molecule has 2 N–H and O–H groups in total. The number of hydrogen-bond donors (Lipinski definition) is 1. The summed E-state index contributed by atoms with van der Waals surface area (Å²) < 4.78 is 0. The molecule has 1 unspecified atom stereocenters. The van der Waals surface area contributed by atoms with Gasteiger partial charge in [-0.05, 0) is 36.6 Å². The van der Waals surface area contributed by atoms with E-state index in [0.29, 0.717) is 18.5 Å². The van der Waals surface area contributed by atoms with Crippen LogP contribution in [0.4, 0.5) is 5.69 Å². The van der Waals surface area contributed by atoms with Crippen LogP contribution < -0.4 is 10.6 Å². The average Bonchev–Trinajstić information content (AvgIpc) is 3.24. The molecule has 0 aromatic heterocycles. The zero-order valence-corrected chi connectivity index (χ0v) is 12.4. The van der Waals surface area contributed by atoms with Gasteiger partial charge in [-0.15, -0.1) is 11.8 Å². The summed E-state index contributed by atoms with van der Waals surface area (Å²) in [4.78, 5) is 3.27. The van der Waals surface area contributed by atoms with E-state index in [4.69, 9.17) is 5.73 Å². The predicted molar refractivity (Wildman–Crippen MR) is 81.5 cm³/mol. The maximum absolute atomic E-state index is 9.46. The Labute approximate surface area is 119 Å². The van der Waals surface area contributed by atoms with Gasteiger partial charge in [0.15, 0.2) is 0 Å². The maximum Gasteiger partial charge on any atom is 0.103 e. The molecule has 102 valence electrons. The van der Waals surface area contributed by atoms with E-state index >= 15 is 0 Å². The molecule has 0 bridgehead atoms. The van der Waals surface area contributed by atoms with Crippen molar-refractivity contribution in [3.05, 3.63) is 23.8 Å². The van der Waals surface area contributed by atoms with Crippen LogP contribution in [0.3, 0.4) is 0 Å². The SMILES string of the molecule is CCSc1cccc(N(C)C(CN)C2CC2)c1C#N. The van der Waals surface area contributed by atoms with E-state index in [9.17, 15) is 5.26 Å². The van der Waals surface area contributed by atoms with Crippen LogP contribution in [0.5, 0.6) is 0 Å². The van der Waals surface area contributed by atoms with Crippen LogP contribution >= 0.6 is 11.8 Å². The fourth-order valence-corrected chi connectivity index (χ4v) is 3.31. The third kappa shape index (κ3) is 3.05. The number of benzene rings is 1. The van der Waals surface area contributed by atoms with Crippen LogP contribution in [-0.4, -0.2) is 25.4 Å². The van der Waals surface area contributed by atoms with Crippen LogP contribution in [0.15, 0.2) is 23.1 Å². The number of anilines is 1. The van der Waals surface area contributed by atoms with Gasteiger partial charge in [0.05, 0.1) is 11.3 Å². The summed E-state index contributed by atoms with van der Waals surface area (Å²) in [5.74, 6) is 1.68. The van der Waals surface area contributed by atoms with Crippen molar-refractivity contribution in [2.75, 3.05) is 24.2 Å². The molecule has 0 spiro atoms. The predicted octanol–water partition coefficient (Wildman–Crippen LogP) is 2.84. The van der Waals surface area contributed by atoms with Gasteiger partial charge in [-0.3, -0.25) is 0 Å². The molecule has 19 heavy (non-hydrogen) atoms. The summed E-state index contributed by atoms with van der Waals surface area (Å²) in [6.07, 6.45) is 2.52. The van der Waals surface area contributed by atoms with Crippen LogP contribution in [-0.2, 0) is 0 Å². The first-order valence-corrected chi connectivity index (χ1v) is 7.80. The average molecular weight is 275 g/mol. The van der Waals surface area contributed by atoms with Gasteiger partial charge in [-0.1, -0.05) is 13.0 Å². The zero-order valence-electron chi connectivity index (χ0n) is 11.6. The van der Waals surface area contributed by atoms with Crippen LogP contribution in [0.1, 0.15) is 25.3 Å². The molecule has 1 aliphatic rings. The molecule has 1 aromatic carbocycles. The minimum absolute atomic E-state index is 0.356. The maximum atomic E-state index is 9.46. The van der Waals surface area contributed by atoms with Crippen LogP contribution in [0.2, 0.25) is 0 Å². The van der Waals surface area contributed by atoms with Crippen molar-refractivity contribution in [3.63, 3.8) is 0 Å². The summed E-state index contributed by atoms with van der Waals surface area (Å²) in [5.41, 5.74) is 7.72. The molecule has 0 saturated heterocycles. The Bertz CT molecular complexity index is 477. The number of hydrogen-bond acceptors (Lipinski definition) is 4. The minimum atomic E-state index is 0.356. The highest BCUT2D eigenvalue weighted by atomic mass is 32.2. The monoisotopic (exact) mass is 275 g/mol. The van der Waals surface area contributed by atoms with Crippen molar-refractivity contribution in [1.82, 2.24) is 0 Å². The Morgan fingerprint density at radius 1 is 1.53 bits per heavy atom. The van der Waals surface area contributed by atoms with Crippen LogP contribution in [0.25, 0.3) is 0 Å². The molecule has 1 aromatic rings. The molecule has 1 saturated carbocycles. The molecular weight excluding hydrogens is 254 g/mol. The lowest BCUT2D eigenvalue weighted by Crippen LogP contribution is -2.40. The molecule has 4 heteroatoms. The largest absolute Gasteiger partial charge is 0.369 e. The van der Waals surface area contributed by atoms with Crippen LogP contribution in [0, 0.1) is 17.2 Å². The topological polar surface area (TPSA) is 53.0 Å². The van der Waals surface area contributed by atoms with Gasteiger partial charge in [0.1, 0.15) is 6.07 Å². The van der Waals surface area contributed by atoms with Gasteiger partial charge in [0, 0.05) is 24.5 Å². The number of thioether (sulfide) groups is 1. The lowest BCUT2D eigenvalue weighted by molar-refractivity contribution is 0.570. The summed E-state index contributed by atoms with van der Waals surface area (Å²) in [6, 6.07) is 8.81. The van der Waals surface area contributed by atoms with Crippen molar-refractivity contribution >= 4 is 17.4 Å². The first-order chi connectivity index (χ1) is 9.22. The molecule has 1 fully saturated rings. The van der Waals surface area contributed by atoms with Gasteiger partial charge in [0.25, 0.3) is 0 Å². The number of nitrogens with two attached hydrogens (primary N) is 1. The molecule has 1 aliphatic carbocycles. The van der Waals surface area contributed by atoms with Gasteiger partial charge in [0.2, 0.25) is 0 Å². The summed E-state index contributed by atoms with van der Waals surface area (Å²) in [6.45, 7) is 2.76. The summed E-state index contributed by atoms with van der Waals surface area (Å²) >= 11 is 1.72. The van der Waals surface area contributed by atoms with E-state index < -0.39 is 0 Å². The normalized spacial score (nSPS) is 15.9. The van der Waals surface area contributed by atoms with Crippen molar-refractivity contribution in [1.29, 1.82) is 5.26 Å². The minimum Gasteiger partial charge on any atom is -0.369 e. The van der Waals surface area contributed by atoms with Crippen molar-refractivity contribution < 1.29 is 0 Å². The Kier molecular flexibility index (Phi) is 4.73. The zero-order chi connectivity index (χ0) is 13.8. The highest BCUT2D eigenvalue weighted by Crippen LogP contribution is 2.38. The lowest BCUT2D eigenvalue weighted by atomic mass is 10.1. The highest BCUT2D eigenvalue weighted by molar-refractivity contribution is 7.99. The van der Waals surface area contributed by atoms with Gasteiger partial charge < -0.3 is 10.6 Å². The molecular formula is C15H21N3S. The number of likely N-dealkylation sites (N-methyl/N-ethyl adjacent to an activating group) is 1. The molecule has 0 radical (unpaired) electrons.